The first-order valence-electron chi connectivity index (χ1n) is 5.39. The minimum atomic E-state index is -0.348. The van der Waals surface area contributed by atoms with Crippen LogP contribution >= 0.6 is 11.6 Å². The summed E-state index contributed by atoms with van der Waals surface area (Å²) in [5.74, 6) is 0.630. The Morgan fingerprint density at radius 3 is 2.78 bits per heavy atom. The summed E-state index contributed by atoms with van der Waals surface area (Å²) < 4.78 is 18.8. The molecular formula is C13H12ClFN2O. The molecule has 1 heterocycles. The minimum Gasteiger partial charge on any atom is -0.455 e. The Morgan fingerprint density at radius 1 is 1.33 bits per heavy atom. The highest BCUT2D eigenvalue weighted by atomic mass is 35.5. The first-order valence-corrected chi connectivity index (χ1v) is 5.77. The van der Waals surface area contributed by atoms with Crippen LogP contribution in [0.4, 0.5) is 4.39 Å². The van der Waals surface area contributed by atoms with Crippen LogP contribution in [0.25, 0.3) is 0 Å². The Hall–Kier alpha value is -1.65. The highest BCUT2D eigenvalue weighted by Crippen LogP contribution is 2.29. The average Bonchev–Trinajstić information content (AvgIpc) is 2.31. The summed E-state index contributed by atoms with van der Waals surface area (Å²) in [5.41, 5.74) is 6.37. The highest BCUT2D eigenvalue weighted by Gasteiger charge is 2.10. The van der Waals surface area contributed by atoms with Crippen molar-refractivity contribution >= 4 is 11.6 Å². The number of halogens is 2. The number of aromatic nitrogens is 1. The van der Waals surface area contributed by atoms with Crippen molar-refractivity contribution in [2.75, 3.05) is 0 Å². The van der Waals surface area contributed by atoms with Gasteiger partial charge in [-0.1, -0.05) is 11.6 Å². The lowest BCUT2D eigenvalue weighted by Gasteiger charge is -2.13. The molecule has 0 aliphatic rings. The van der Waals surface area contributed by atoms with Gasteiger partial charge in [0.2, 0.25) is 0 Å². The fourth-order valence-corrected chi connectivity index (χ4v) is 1.71. The van der Waals surface area contributed by atoms with E-state index in [-0.39, 0.29) is 11.9 Å². The molecule has 5 heteroatoms. The molecule has 0 amide bonds. The molecule has 3 nitrogen and oxygen atoms in total. The van der Waals surface area contributed by atoms with Crippen LogP contribution in [0.1, 0.15) is 18.5 Å². The largest absolute Gasteiger partial charge is 0.455 e. The van der Waals surface area contributed by atoms with Gasteiger partial charge in [0, 0.05) is 23.9 Å². The lowest BCUT2D eigenvalue weighted by atomic mass is 10.1. The molecule has 0 saturated heterocycles. The summed E-state index contributed by atoms with van der Waals surface area (Å²) in [5, 5.41) is 0.469. The van der Waals surface area contributed by atoms with Crippen molar-refractivity contribution in [3.8, 4) is 11.5 Å². The van der Waals surface area contributed by atoms with Gasteiger partial charge in [0.15, 0.2) is 0 Å². The van der Waals surface area contributed by atoms with Crippen molar-refractivity contribution in [3.05, 3.63) is 53.1 Å². The second-order valence-electron chi connectivity index (χ2n) is 3.91. The Bertz CT molecular complexity index is 560. The maximum atomic E-state index is 13.2. The maximum absolute atomic E-state index is 13.2. The van der Waals surface area contributed by atoms with Gasteiger partial charge in [-0.25, -0.2) is 4.39 Å². The molecule has 0 radical (unpaired) electrons. The van der Waals surface area contributed by atoms with Crippen molar-refractivity contribution in [1.82, 2.24) is 4.98 Å². The van der Waals surface area contributed by atoms with E-state index in [1.54, 1.807) is 13.0 Å². The predicted molar refractivity (Wildman–Crippen MR) is 68.3 cm³/mol. The van der Waals surface area contributed by atoms with Crippen LogP contribution in [-0.2, 0) is 0 Å². The molecule has 18 heavy (non-hydrogen) atoms. The van der Waals surface area contributed by atoms with Crippen molar-refractivity contribution < 1.29 is 9.13 Å². The van der Waals surface area contributed by atoms with Gasteiger partial charge in [-0.3, -0.25) is 4.98 Å². The van der Waals surface area contributed by atoms with Crippen LogP contribution in [0.3, 0.4) is 0 Å². The van der Waals surface area contributed by atoms with E-state index < -0.39 is 0 Å². The van der Waals surface area contributed by atoms with Gasteiger partial charge in [0.25, 0.3) is 0 Å². The molecule has 2 rings (SSSR count). The molecule has 0 fully saturated rings. The molecular weight excluding hydrogens is 255 g/mol. The van der Waals surface area contributed by atoms with Gasteiger partial charge in [0.05, 0.1) is 11.2 Å². The molecule has 0 spiro atoms. The quantitative estimate of drug-likeness (QED) is 0.922. The number of nitrogens with zero attached hydrogens (tertiary/aromatic N) is 1. The third-order valence-corrected chi connectivity index (χ3v) is 2.58. The maximum Gasteiger partial charge on any atom is 0.147 e. The van der Waals surface area contributed by atoms with Gasteiger partial charge in [0.1, 0.15) is 17.3 Å². The van der Waals surface area contributed by atoms with E-state index >= 15 is 0 Å². The number of rotatable bonds is 3. The minimum absolute atomic E-state index is 0.331. The van der Waals surface area contributed by atoms with Crippen LogP contribution in [0.2, 0.25) is 5.02 Å². The van der Waals surface area contributed by atoms with Crippen LogP contribution in [0.5, 0.6) is 11.5 Å². The molecule has 0 bridgehead atoms. The zero-order valence-corrected chi connectivity index (χ0v) is 10.5. The van der Waals surface area contributed by atoms with E-state index in [9.17, 15) is 4.39 Å². The lowest BCUT2D eigenvalue weighted by Crippen LogP contribution is -2.07. The number of hydrogen-bond donors (Lipinski definition) is 1. The fraction of sp³-hybridized carbons (Fsp3) is 0.154. The Morgan fingerprint density at radius 2 is 2.11 bits per heavy atom. The van der Waals surface area contributed by atoms with Crippen molar-refractivity contribution in [2.24, 2.45) is 5.73 Å². The standard InChI is InChI=1S/C13H12ClFN2O/c1-8(16)12-5-10(15)2-3-13(12)18-11-4-9(14)6-17-7-11/h2-8H,16H2,1H3/t8-/m1/s1. The van der Waals surface area contributed by atoms with E-state index in [1.807, 2.05) is 0 Å². The molecule has 0 saturated carbocycles. The van der Waals surface area contributed by atoms with Gasteiger partial charge in [-0.2, -0.15) is 0 Å². The molecule has 1 aromatic heterocycles. The average molecular weight is 267 g/mol. The van der Waals surface area contributed by atoms with Crippen LogP contribution < -0.4 is 10.5 Å². The zero-order valence-electron chi connectivity index (χ0n) is 9.73. The van der Waals surface area contributed by atoms with E-state index in [0.717, 1.165) is 0 Å². The first-order chi connectivity index (χ1) is 8.56. The molecule has 0 aliphatic carbocycles. The zero-order chi connectivity index (χ0) is 13.1. The molecule has 2 aromatic rings. The topological polar surface area (TPSA) is 48.1 Å². The summed E-state index contributed by atoms with van der Waals surface area (Å²) in [6.45, 7) is 1.76. The van der Waals surface area contributed by atoms with Crippen molar-refractivity contribution in [3.63, 3.8) is 0 Å². The van der Waals surface area contributed by atoms with E-state index in [2.05, 4.69) is 4.98 Å². The van der Waals surface area contributed by atoms with Crippen molar-refractivity contribution in [2.45, 2.75) is 13.0 Å². The number of ether oxygens (including phenoxy) is 1. The molecule has 2 N–H and O–H groups in total. The van der Waals surface area contributed by atoms with Gasteiger partial charge in [-0.15, -0.1) is 0 Å². The SMILES string of the molecule is C[C@@H](N)c1cc(F)ccc1Oc1cncc(Cl)c1. The Balaban J connectivity index is 2.34. The molecule has 0 aliphatic heterocycles. The van der Waals surface area contributed by atoms with E-state index in [1.165, 1.54) is 30.6 Å². The van der Waals surface area contributed by atoms with Gasteiger partial charge >= 0.3 is 0 Å². The molecule has 1 atom stereocenters. The van der Waals surface area contributed by atoms with Gasteiger partial charge in [-0.05, 0) is 25.1 Å². The molecule has 1 aromatic carbocycles. The Kier molecular flexibility index (Phi) is 3.79. The fourth-order valence-electron chi connectivity index (χ4n) is 1.54. The first kappa shape index (κ1) is 12.8. The van der Waals surface area contributed by atoms with Gasteiger partial charge < -0.3 is 10.5 Å². The number of pyridine rings is 1. The summed E-state index contributed by atoms with van der Waals surface area (Å²) in [6, 6.07) is 5.51. The van der Waals surface area contributed by atoms with E-state index in [4.69, 9.17) is 22.1 Å². The van der Waals surface area contributed by atoms with Crippen LogP contribution in [-0.4, -0.2) is 4.98 Å². The number of nitrogens with two attached hydrogens (primary N) is 1. The summed E-state index contributed by atoms with van der Waals surface area (Å²) >= 11 is 5.81. The summed E-state index contributed by atoms with van der Waals surface area (Å²) in [4.78, 5) is 3.91. The second-order valence-corrected chi connectivity index (χ2v) is 4.35. The smallest absolute Gasteiger partial charge is 0.147 e. The second kappa shape index (κ2) is 5.33. The van der Waals surface area contributed by atoms with E-state index in [0.29, 0.717) is 22.1 Å². The predicted octanol–water partition coefficient (Wildman–Crippen LogP) is 3.69. The number of hydrogen-bond acceptors (Lipinski definition) is 3. The summed E-state index contributed by atoms with van der Waals surface area (Å²) in [7, 11) is 0. The normalized spacial score (nSPS) is 12.2. The third kappa shape index (κ3) is 2.97. The molecule has 94 valence electrons. The molecule has 0 unspecified atom stereocenters. The highest BCUT2D eigenvalue weighted by molar-refractivity contribution is 6.30. The Labute approximate surface area is 109 Å². The van der Waals surface area contributed by atoms with Crippen LogP contribution in [0.15, 0.2) is 36.7 Å². The lowest BCUT2D eigenvalue weighted by molar-refractivity contribution is 0.467. The number of benzene rings is 1. The summed E-state index contributed by atoms with van der Waals surface area (Å²) in [6.07, 6.45) is 3.03. The third-order valence-electron chi connectivity index (χ3n) is 2.37. The van der Waals surface area contributed by atoms with Crippen molar-refractivity contribution in [1.29, 1.82) is 0 Å². The van der Waals surface area contributed by atoms with Crippen LogP contribution in [0, 0.1) is 5.82 Å². The monoisotopic (exact) mass is 266 g/mol.